The number of nitrogens with zero attached hydrogens (tertiary/aromatic N) is 1. The molecule has 1 aliphatic heterocycles. The molecule has 1 fully saturated rings. The Morgan fingerprint density at radius 1 is 1.00 bits per heavy atom. The molecule has 0 N–H and O–H groups in total. The molecule has 0 saturated carbocycles. The van der Waals surface area contributed by atoms with Crippen LogP contribution in [0.25, 0.3) is 6.08 Å². The normalized spacial score (nSPS) is 15.0. The van der Waals surface area contributed by atoms with Crippen LogP contribution in [0.1, 0.15) is 16.7 Å². The Morgan fingerprint density at radius 2 is 1.77 bits per heavy atom. The summed E-state index contributed by atoms with van der Waals surface area (Å²) in [4.78, 5) is 26.6. The smallest absolute Gasteiger partial charge is 0.293 e. The van der Waals surface area contributed by atoms with Gasteiger partial charge in [0.15, 0.2) is 0 Å². The molecule has 0 aromatic heterocycles. The van der Waals surface area contributed by atoms with Crippen LogP contribution in [0, 0.1) is 5.82 Å². The number of ether oxygens (including phenoxy) is 1. The molecule has 4 nitrogen and oxygen atoms in total. The van der Waals surface area contributed by atoms with Crippen LogP contribution in [0.4, 0.5) is 9.18 Å². The molecular weight excluding hydrogens is 437 g/mol. The number of rotatable bonds is 6. The Morgan fingerprint density at radius 3 is 2.55 bits per heavy atom. The Labute approximate surface area is 188 Å². The van der Waals surface area contributed by atoms with Crippen molar-refractivity contribution >= 4 is 40.6 Å². The molecule has 3 aromatic carbocycles. The lowest BCUT2D eigenvalue weighted by Gasteiger charge is -2.12. The average molecular weight is 454 g/mol. The number of halogens is 2. The lowest BCUT2D eigenvalue weighted by molar-refractivity contribution is -0.123. The van der Waals surface area contributed by atoms with Crippen LogP contribution in [0.15, 0.2) is 77.7 Å². The van der Waals surface area contributed by atoms with Crippen molar-refractivity contribution < 1.29 is 18.7 Å². The molecule has 7 heteroatoms. The monoisotopic (exact) mass is 453 g/mol. The van der Waals surface area contributed by atoms with Crippen molar-refractivity contribution in [3.05, 3.63) is 105 Å². The van der Waals surface area contributed by atoms with Gasteiger partial charge in [-0.25, -0.2) is 4.39 Å². The first-order chi connectivity index (χ1) is 15.0. The van der Waals surface area contributed by atoms with Crippen molar-refractivity contribution in [2.45, 2.75) is 13.2 Å². The topological polar surface area (TPSA) is 46.6 Å². The second-order valence-corrected chi connectivity index (χ2v) is 8.28. The van der Waals surface area contributed by atoms with Gasteiger partial charge in [0.1, 0.15) is 18.2 Å². The number of carbonyl (C=O) groups excluding carboxylic acids is 2. The minimum Gasteiger partial charge on any atom is -0.489 e. The lowest BCUT2D eigenvalue weighted by atomic mass is 10.2. The number of carbonyl (C=O) groups is 2. The van der Waals surface area contributed by atoms with Crippen molar-refractivity contribution in [2.24, 2.45) is 0 Å². The SMILES string of the molecule is O=C1S/C(=C/c2cccc(OCc3ccccc3F)c2)C(=O)N1Cc1ccc(Cl)cc1. The minimum atomic E-state index is -0.345. The molecule has 0 radical (unpaired) electrons. The maximum absolute atomic E-state index is 13.8. The van der Waals surface area contributed by atoms with E-state index in [0.29, 0.717) is 26.8 Å². The van der Waals surface area contributed by atoms with Crippen LogP contribution >= 0.6 is 23.4 Å². The van der Waals surface area contributed by atoms with Gasteiger partial charge in [0.05, 0.1) is 11.4 Å². The number of thioether (sulfide) groups is 1. The molecule has 2 amide bonds. The number of benzene rings is 3. The fraction of sp³-hybridized carbons (Fsp3) is 0.0833. The van der Waals surface area contributed by atoms with Gasteiger partial charge in [-0.05, 0) is 59.3 Å². The summed E-state index contributed by atoms with van der Waals surface area (Å²) in [6, 6.07) is 20.5. The van der Waals surface area contributed by atoms with E-state index < -0.39 is 0 Å². The second-order valence-electron chi connectivity index (χ2n) is 6.85. The van der Waals surface area contributed by atoms with Gasteiger partial charge in [0.25, 0.3) is 11.1 Å². The minimum absolute atomic E-state index is 0.0910. The Balaban J connectivity index is 1.46. The standard InChI is InChI=1S/C24H17ClFNO3S/c25-19-10-8-16(9-11-19)14-27-23(28)22(31-24(27)29)13-17-4-3-6-20(12-17)30-15-18-5-1-2-7-21(18)26/h1-13H,14-15H2/b22-13+. The zero-order chi connectivity index (χ0) is 21.8. The van der Waals surface area contributed by atoms with Gasteiger partial charge in [0.2, 0.25) is 0 Å². The predicted molar refractivity (Wildman–Crippen MR) is 120 cm³/mol. The van der Waals surface area contributed by atoms with E-state index in [1.807, 2.05) is 6.07 Å². The van der Waals surface area contributed by atoms with E-state index in [2.05, 4.69) is 0 Å². The third-order valence-electron chi connectivity index (χ3n) is 4.64. The first-order valence-corrected chi connectivity index (χ1v) is 10.6. The summed E-state index contributed by atoms with van der Waals surface area (Å²) in [5.74, 6) is -0.131. The number of hydrogen-bond donors (Lipinski definition) is 0. The van der Waals surface area contributed by atoms with Gasteiger partial charge in [-0.15, -0.1) is 0 Å². The van der Waals surface area contributed by atoms with Crippen LogP contribution in [-0.4, -0.2) is 16.0 Å². The summed E-state index contributed by atoms with van der Waals surface area (Å²) >= 11 is 6.79. The molecule has 0 bridgehead atoms. The Bertz CT molecular complexity index is 1160. The number of amides is 2. The van der Waals surface area contributed by atoms with Gasteiger partial charge in [-0.1, -0.05) is 54.1 Å². The van der Waals surface area contributed by atoms with Crippen LogP contribution in [0.2, 0.25) is 5.02 Å². The summed E-state index contributed by atoms with van der Waals surface area (Å²) in [5, 5.41) is 0.271. The third kappa shape index (κ3) is 5.16. The number of imide groups is 1. The van der Waals surface area contributed by atoms with E-state index in [4.69, 9.17) is 16.3 Å². The van der Waals surface area contributed by atoms with Crippen molar-refractivity contribution in [3.63, 3.8) is 0 Å². The van der Waals surface area contributed by atoms with E-state index in [0.717, 1.165) is 17.3 Å². The highest BCUT2D eigenvalue weighted by Gasteiger charge is 2.34. The molecule has 156 valence electrons. The highest BCUT2D eigenvalue weighted by atomic mass is 35.5. The first-order valence-electron chi connectivity index (χ1n) is 9.46. The van der Waals surface area contributed by atoms with Crippen LogP contribution in [0.5, 0.6) is 5.75 Å². The molecule has 0 aliphatic carbocycles. The second kappa shape index (κ2) is 9.37. The van der Waals surface area contributed by atoms with E-state index in [1.54, 1.807) is 66.7 Å². The molecule has 1 heterocycles. The van der Waals surface area contributed by atoms with Crippen molar-refractivity contribution in [1.82, 2.24) is 4.90 Å². The zero-order valence-electron chi connectivity index (χ0n) is 16.3. The molecule has 0 unspecified atom stereocenters. The quantitative estimate of drug-likeness (QED) is 0.411. The molecular formula is C24H17ClFNO3S. The van der Waals surface area contributed by atoms with Crippen LogP contribution < -0.4 is 4.74 Å². The van der Waals surface area contributed by atoms with Gasteiger partial charge in [-0.3, -0.25) is 14.5 Å². The van der Waals surface area contributed by atoms with Gasteiger partial charge in [0, 0.05) is 10.6 Å². The van der Waals surface area contributed by atoms with Crippen molar-refractivity contribution in [2.75, 3.05) is 0 Å². The Kier molecular flexibility index (Phi) is 6.39. The molecule has 1 saturated heterocycles. The Hall–Kier alpha value is -3.09. The van der Waals surface area contributed by atoms with Gasteiger partial charge in [-0.2, -0.15) is 0 Å². The summed E-state index contributed by atoms with van der Waals surface area (Å²) in [6.07, 6.45) is 1.66. The first kappa shape index (κ1) is 21.2. The van der Waals surface area contributed by atoms with E-state index in [9.17, 15) is 14.0 Å². The van der Waals surface area contributed by atoms with Crippen molar-refractivity contribution in [3.8, 4) is 5.75 Å². The molecule has 3 aromatic rings. The van der Waals surface area contributed by atoms with Gasteiger partial charge < -0.3 is 4.74 Å². The molecule has 31 heavy (non-hydrogen) atoms. The molecule has 1 aliphatic rings. The number of hydrogen-bond acceptors (Lipinski definition) is 4. The van der Waals surface area contributed by atoms with E-state index >= 15 is 0 Å². The molecule has 0 atom stereocenters. The average Bonchev–Trinajstić information content (AvgIpc) is 3.02. The highest BCUT2D eigenvalue weighted by molar-refractivity contribution is 8.18. The van der Waals surface area contributed by atoms with Crippen LogP contribution in [0.3, 0.4) is 0 Å². The summed E-state index contributed by atoms with van der Waals surface area (Å²) in [5.41, 5.74) is 1.98. The fourth-order valence-corrected chi connectivity index (χ4v) is 3.99. The summed E-state index contributed by atoms with van der Waals surface area (Å²) in [6.45, 7) is 0.276. The summed E-state index contributed by atoms with van der Waals surface area (Å²) < 4.78 is 19.4. The van der Waals surface area contributed by atoms with E-state index in [-0.39, 0.29) is 30.1 Å². The van der Waals surface area contributed by atoms with E-state index in [1.165, 1.54) is 11.0 Å². The largest absolute Gasteiger partial charge is 0.489 e. The predicted octanol–water partition coefficient (Wildman–Crippen LogP) is 6.29. The lowest BCUT2D eigenvalue weighted by Crippen LogP contribution is -2.27. The van der Waals surface area contributed by atoms with Crippen molar-refractivity contribution in [1.29, 1.82) is 0 Å². The molecule has 4 rings (SSSR count). The summed E-state index contributed by atoms with van der Waals surface area (Å²) in [7, 11) is 0. The fourth-order valence-electron chi connectivity index (χ4n) is 3.03. The highest BCUT2D eigenvalue weighted by Crippen LogP contribution is 2.33. The maximum atomic E-state index is 13.8. The van der Waals surface area contributed by atoms with Crippen LogP contribution in [-0.2, 0) is 17.9 Å². The molecule has 0 spiro atoms. The third-order valence-corrected chi connectivity index (χ3v) is 5.79. The zero-order valence-corrected chi connectivity index (χ0v) is 17.8. The maximum Gasteiger partial charge on any atom is 0.293 e. The van der Waals surface area contributed by atoms with Gasteiger partial charge >= 0.3 is 0 Å².